The Hall–Kier alpha value is -3.49. The number of ketones is 1. The highest BCUT2D eigenvalue weighted by Crippen LogP contribution is 2.30. The Kier molecular flexibility index (Phi) is 7.09. The third-order valence-corrected chi connectivity index (χ3v) is 6.63. The van der Waals surface area contributed by atoms with Crippen molar-refractivity contribution in [2.45, 2.75) is 32.6 Å². The number of carbonyl (C=O) groups excluding carboxylic acids is 2. The lowest BCUT2D eigenvalue weighted by Gasteiger charge is -2.37. The van der Waals surface area contributed by atoms with E-state index in [1.807, 2.05) is 4.90 Å². The van der Waals surface area contributed by atoms with Crippen LogP contribution in [-0.2, 0) is 0 Å². The van der Waals surface area contributed by atoms with Crippen LogP contribution in [-0.4, -0.2) is 60.8 Å². The van der Waals surface area contributed by atoms with E-state index in [0.717, 1.165) is 44.5 Å². The van der Waals surface area contributed by atoms with E-state index in [0.29, 0.717) is 43.0 Å². The van der Waals surface area contributed by atoms with Gasteiger partial charge in [0.05, 0.1) is 21.9 Å². The number of hydrogen-bond donors (Lipinski definition) is 0. The summed E-state index contributed by atoms with van der Waals surface area (Å²) < 4.78 is 14.6. The van der Waals surface area contributed by atoms with Gasteiger partial charge in [-0.1, -0.05) is 12.8 Å². The van der Waals surface area contributed by atoms with Crippen LogP contribution in [0.3, 0.4) is 0 Å². The van der Waals surface area contributed by atoms with E-state index in [4.69, 9.17) is 0 Å². The average molecular weight is 469 g/mol. The van der Waals surface area contributed by atoms with E-state index in [-0.39, 0.29) is 17.4 Å². The van der Waals surface area contributed by atoms with E-state index in [9.17, 15) is 24.1 Å². The zero-order valence-electron chi connectivity index (χ0n) is 19.3. The maximum absolute atomic E-state index is 14.6. The van der Waals surface area contributed by atoms with Crippen molar-refractivity contribution in [1.29, 1.82) is 0 Å². The number of nitro benzene ring substituents is 1. The molecule has 0 N–H and O–H groups in total. The van der Waals surface area contributed by atoms with Crippen LogP contribution in [0.15, 0.2) is 36.4 Å². The van der Waals surface area contributed by atoms with Crippen molar-refractivity contribution < 1.29 is 18.9 Å². The molecule has 0 saturated carbocycles. The van der Waals surface area contributed by atoms with Gasteiger partial charge in [0.1, 0.15) is 5.82 Å². The van der Waals surface area contributed by atoms with Crippen molar-refractivity contribution in [2.24, 2.45) is 0 Å². The van der Waals surface area contributed by atoms with E-state index in [1.165, 1.54) is 25.1 Å². The number of amides is 1. The first-order valence-corrected chi connectivity index (χ1v) is 11.7. The summed E-state index contributed by atoms with van der Waals surface area (Å²) in [5.74, 6) is -0.900. The zero-order valence-corrected chi connectivity index (χ0v) is 19.3. The quantitative estimate of drug-likeness (QED) is 0.370. The normalized spacial score (nSPS) is 16.8. The predicted molar refractivity (Wildman–Crippen MR) is 128 cm³/mol. The van der Waals surface area contributed by atoms with E-state index >= 15 is 0 Å². The van der Waals surface area contributed by atoms with Gasteiger partial charge >= 0.3 is 0 Å². The van der Waals surface area contributed by atoms with Gasteiger partial charge in [-0.3, -0.25) is 19.7 Å². The van der Waals surface area contributed by atoms with Gasteiger partial charge in [0.25, 0.3) is 11.6 Å². The summed E-state index contributed by atoms with van der Waals surface area (Å²) in [6.07, 6.45) is 4.33. The standard InChI is InChI=1S/C25H29FN4O4/c1-18(31)19-6-8-24(22(26)16-19)28-12-14-29(15-13-28)25(32)21-17-20(30(33)34)7-9-23(21)27-10-4-2-3-5-11-27/h6-9,16-17H,2-5,10-15H2,1H3. The van der Waals surface area contributed by atoms with Crippen LogP contribution in [0.2, 0.25) is 0 Å². The summed E-state index contributed by atoms with van der Waals surface area (Å²) in [5.41, 5.74) is 1.71. The molecule has 4 rings (SSSR count). The second kappa shape index (κ2) is 10.2. The second-order valence-electron chi connectivity index (χ2n) is 8.86. The fraction of sp³-hybridized carbons (Fsp3) is 0.440. The number of rotatable bonds is 5. The van der Waals surface area contributed by atoms with E-state index in [2.05, 4.69) is 4.90 Å². The zero-order chi connectivity index (χ0) is 24.2. The number of benzene rings is 2. The molecule has 2 aromatic rings. The first kappa shape index (κ1) is 23.7. The Labute approximate surface area is 198 Å². The van der Waals surface area contributed by atoms with E-state index in [1.54, 1.807) is 23.1 Å². The molecule has 2 heterocycles. The Morgan fingerprint density at radius 3 is 2.06 bits per heavy atom. The third-order valence-electron chi connectivity index (χ3n) is 6.63. The van der Waals surface area contributed by atoms with Gasteiger partial charge in [-0.25, -0.2) is 4.39 Å². The van der Waals surface area contributed by atoms with Gasteiger partial charge in [0.15, 0.2) is 5.78 Å². The van der Waals surface area contributed by atoms with Gasteiger partial charge in [-0.15, -0.1) is 0 Å². The molecule has 2 fully saturated rings. The third kappa shape index (κ3) is 5.03. The lowest BCUT2D eigenvalue weighted by Crippen LogP contribution is -2.49. The molecule has 0 spiro atoms. The molecule has 2 aromatic carbocycles. The molecule has 2 saturated heterocycles. The molecule has 0 bridgehead atoms. The molecule has 9 heteroatoms. The summed E-state index contributed by atoms with van der Waals surface area (Å²) in [6.45, 7) is 4.63. The lowest BCUT2D eigenvalue weighted by molar-refractivity contribution is -0.384. The van der Waals surface area contributed by atoms with Crippen LogP contribution in [0.25, 0.3) is 0 Å². The monoisotopic (exact) mass is 468 g/mol. The van der Waals surface area contributed by atoms with Crippen LogP contribution in [0.1, 0.15) is 53.3 Å². The molecule has 1 amide bonds. The molecule has 0 aromatic heterocycles. The number of hydrogen-bond acceptors (Lipinski definition) is 6. The van der Waals surface area contributed by atoms with Crippen LogP contribution in [0, 0.1) is 15.9 Å². The van der Waals surface area contributed by atoms with Gasteiger partial charge in [0, 0.05) is 57.0 Å². The number of anilines is 2. The molecule has 2 aliphatic heterocycles. The summed E-state index contributed by atoms with van der Waals surface area (Å²) >= 11 is 0. The topological polar surface area (TPSA) is 87.0 Å². The summed E-state index contributed by atoms with van der Waals surface area (Å²) in [7, 11) is 0. The van der Waals surface area contributed by atoms with Gasteiger partial charge in [0.2, 0.25) is 0 Å². The van der Waals surface area contributed by atoms with Crippen molar-refractivity contribution in [3.05, 3.63) is 63.5 Å². The Balaban J connectivity index is 1.52. The van der Waals surface area contributed by atoms with Crippen molar-refractivity contribution in [3.8, 4) is 0 Å². The SMILES string of the molecule is CC(=O)c1ccc(N2CCN(C(=O)c3cc([N+](=O)[O-])ccc3N3CCCCCC3)CC2)c(F)c1. The van der Waals surface area contributed by atoms with Crippen molar-refractivity contribution in [1.82, 2.24) is 4.90 Å². The Morgan fingerprint density at radius 1 is 0.853 bits per heavy atom. The van der Waals surface area contributed by atoms with Crippen molar-refractivity contribution in [3.63, 3.8) is 0 Å². The molecule has 180 valence electrons. The van der Waals surface area contributed by atoms with Crippen LogP contribution in [0.4, 0.5) is 21.5 Å². The minimum absolute atomic E-state index is 0.104. The average Bonchev–Trinajstić information content (AvgIpc) is 3.13. The number of nitro groups is 1. The summed E-state index contributed by atoms with van der Waals surface area (Å²) in [5, 5.41) is 11.4. The molecule has 34 heavy (non-hydrogen) atoms. The minimum Gasteiger partial charge on any atom is -0.371 e. The Morgan fingerprint density at radius 2 is 1.47 bits per heavy atom. The van der Waals surface area contributed by atoms with Gasteiger partial charge < -0.3 is 14.7 Å². The van der Waals surface area contributed by atoms with Crippen LogP contribution >= 0.6 is 0 Å². The van der Waals surface area contributed by atoms with Crippen molar-refractivity contribution in [2.75, 3.05) is 49.1 Å². The van der Waals surface area contributed by atoms with Crippen LogP contribution < -0.4 is 9.80 Å². The molecule has 8 nitrogen and oxygen atoms in total. The first-order chi connectivity index (χ1) is 16.3. The summed E-state index contributed by atoms with van der Waals surface area (Å²) in [4.78, 5) is 41.6. The molecular formula is C25H29FN4O4. The number of carbonyl (C=O) groups is 2. The van der Waals surface area contributed by atoms with E-state index < -0.39 is 10.7 Å². The van der Waals surface area contributed by atoms with Gasteiger partial charge in [-0.05, 0) is 44.0 Å². The largest absolute Gasteiger partial charge is 0.371 e. The highest BCUT2D eigenvalue weighted by atomic mass is 19.1. The molecule has 0 atom stereocenters. The lowest BCUT2D eigenvalue weighted by atomic mass is 10.1. The second-order valence-corrected chi connectivity index (χ2v) is 8.86. The molecule has 0 unspecified atom stereocenters. The Bertz CT molecular complexity index is 1090. The highest BCUT2D eigenvalue weighted by Gasteiger charge is 2.28. The number of Topliss-reactive ketones (excluding diaryl/α,β-unsaturated/α-hetero) is 1. The first-order valence-electron chi connectivity index (χ1n) is 11.7. The molecule has 0 radical (unpaired) electrons. The number of non-ortho nitro benzene ring substituents is 1. The van der Waals surface area contributed by atoms with Crippen molar-refractivity contribution >= 4 is 28.8 Å². The summed E-state index contributed by atoms with van der Waals surface area (Å²) in [6, 6.07) is 8.98. The maximum Gasteiger partial charge on any atom is 0.270 e. The smallest absolute Gasteiger partial charge is 0.270 e. The van der Waals surface area contributed by atoms with Crippen LogP contribution in [0.5, 0.6) is 0 Å². The minimum atomic E-state index is -0.478. The maximum atomic E-state index is 14.6. The fourth-order valence-corrected chi connectivity index (χ4v) is 4.70. The molecule has 2 aliphatic rings. The highest BCUT2D eigenvalue weighted by molar-refractivity contribution is 6.00. The molecular weight excluding hydrogens is 439 g/mol. The fourth-order valence-electron chi connectivity index (χ4n) is 4.70. The van der Waals surface area contributed by atoms with Gasteiger partial charge in [-0.2, -0.15) is 0 Å². The number of halogens is 1. The molecule has 0 aliphatic carbocycles. The predicted octanol–water partition coefficient (Wildman–Crippen LogP) is 4.28. The number of nitrogens with zero attached hydrogens (tertiary/aromatic N) is 4. The number of piperazine rings is 1.